The highest BCUT2D eigenvalue weighted by molar-refractivity contribution is 7.98. The minimum absolute atomic E-state index is 0.148. The normalized spacial score (nSPS) is 13.2. The van der Waals surface area contributed by atoms with Gasteiger partial charge in [-0.15, -0.1) is 0 Å². The minimum Gasteiger partial charge on any atom is -0.481 e. The zero-order chi connectivity index (χ0) is 10.3. The van der Waals surface area contributed by atoms with Gasteiger partial charge in [0.1, 0.15) is 0 Å². The van der Waals surface area contributed by atoms with Crippen molar-refractivity contribution in [3.8, 4) is 0 Å². The highest BCUT2D eigenvalue weighted by Gasteiger charge is 2.14. The van der Waals surface area contributed by atoms with E-state index in [1.54, 1.807) is 11.8 Å². The van der Waals surface area contributed by atoms with E-state index < -0.39 is 5.97 Å². The Morgan fingerprint density at radius 3 is 2.62 bits per heavy atom. The fraction of sp³-hybridized carbons (Fsp3) is 0.889. The molecule has 0 aromatic rings. The topological polar surface area (TPSA) is 40.5 Å². The van der Waals surface area contributed by atoms with Gasteiger partial charge >= 0.3 is 5.97 Å². The predicted molar refractivity (Wildman–Crippen MR) is 57.3 cm³/mol. The van der Waals surface area contributed by atoms with Crippen LogP contribution in [0.3, 0.4) is 0 Å². The first-order valence-corrected chi connectivity index (χ1v) is 5.96. The van der Waals surface area contributed by atoms with Crippen molar-refractivity contribution in [1.29, 1.82) is 0 Å². The molecule has 3 nitrogen and oxygen atoms in total. The van der Waals surface area contributed by atoms with E-state index in [2.05, 4.69) is 18.1 Å². The lowest BCUT2D eigenvalue weighted by Gasteiger charge is -2.26. The fourth-order valence-electron chi connectivity index (χ4n) is 1.28. The first-order valence-electron chi connectivity index (χ1n) is 4.56. The van der Waals surface area contributed by atoms with E-state index in [0.29, 0.717) is 0 Å². The summed E-state index contributed by atoms with van der Waals surface area (Å²) in [5.41, 5.74) is 0. The van der Waals surface area contributed by atoms with Crippen LogP contribution in [0.15, 0.2) is 0 Å². The van der Waals surface area contributed by atoms with E-state index in [-0.39, 0.29) is 12.5 Å². The smallest absolute Gasteiger partial charge is 0.304 e. The molecule has 0 fully saturated rings. The molecule has 1 N–H and O–H groups in total. The maximum absolute atomic E-state index is 10.5. The van der Waals surface area contributed by atoms with Gasteiger partial charge in [-0.2, -0.15) is 11.8 Å². The lowest BCUT2D eigenvalue weighted by atomic mass is 10.2. The second kappa shape index (κ2) is 7.21. The Bertz CT molecular complexity index is 153. The Morgan fingerprint density at radius 1 is 1.62 bits per heavy atom. The van der Waals surface area contributed by atoms with Gasteiger partial charge in [0.05, 0.1) is 6.42 Å². The molecule has 4 heteroatoms. The molecule has 0 aliphatic rings. The van der Waals surface area contributed by atoms with Gasteiger partial charge in [-0.25, -0.2) is 0 Å². The molecule has 13 heavy (non-hydrogen) atoms. The van der Waals surface area contributed by atoms with Gasteiger partial charge in [0.2, 0.25) is 0 Å². The van der Waals surface area contributed by atoms with Crippen LogP contribution in [0.1, 0.15) is 20.3 Å². The number of thioether (sulfide) groups is 1. The molecule has 0 heterocycles. The van der Waals surface area contributed by atoms with E-state index in [9.17, 15) is 4.79 Å². The first kappa shape index (κ1) is 12.8. The highest BCUT2D eigenvalue weighted by atomic mass is 32.2. The quantitative estimate of drug-likeness (QED) is 0.684. The van der Waals surface area contributed by atoms with Crippen molar-refractivity contribution in [1.82, 2.24) is 4.90 Å². The van der Waals surface area contributed by atoms with Gasteiger partial charge in [0.25, 0.3) is 0 Å². The zero-order valence-corrected chi connectivity index (χ0v) is 9.43. The molecular formula is C9H19NO2S. The fourth-order valence-corrected chi connectivity index (χ4v) is 1.70. The van der Waals surface area contributed by atoms with Crippen molar-refractivity contribution < 1.29 is 9.90 Å². The second-order valence-corrected chi connectivity index (χ2v) is 4.05. The summed E-state index contributed by atoms with van der Waals surface area (Å²) < 4.78 is 0. The number of carboxylic acids is 1. The average molecular weight is 205 g/mol. The van der Waals surface area contributed by atoms with Crippen LogP contribution in [-0.4, -0.2) is 47.1 Å². The molecule has 0 aromatic heterocycles. The lowest BCUT2D eigenvalue weighted by Crippen LogP contribution is -2.36. The maximum atomic E-state index is 10.5. The summed E-state index contributed by atoms with van der Waals surface area (Å²) in [7, 11) is 0. The van der Waals surface area contributed by atoms with Gasteiger partial charge in [-0.05, 0) is 19.7 Å². The molecule has 0 saturated carbocycles. The SMILES string of the molecule is CCN(CCSC)C(C)CC(=O)O. The molecule has 0 amide bonds. The number of hydrogen-bond donors (Lipinski definition) is 1. The van der Waals surface area contributed by atoms with Crippen LogP contribution in [0.2, 0.25) is 0 Å². The van der Waals surface area contributed by atoms with Gasteiger partial charge in [0, 0.05) is 18.3 Å². The van der Waals surface area contributed by atoms with Gasteiger partial charge in [0.15, 0.2) is 0 Å². The molecule has 0 aliphatic carbocycles. The van der Waals surface area contributed by atoms with Crippen LogP contribution in [0, 0.1) is 0 Å². The van der Waals surface area contributed by atoms with Crippen LogP contribution in [0.5, 0.6) is 0 Å². The molecule has 0 rings (SSSR count). The largest absolute Gasteiger partial charge is 0.481 e. The van der Waals surface area contributed by atoms with Crippen LogP contribution < -0.4 is 0 Å². The summed E-state index contributed by atoms with van der Waals surface area (Å²) in [4.78, 5) is 12.7. The summed E-state index contributed by atoms with van der Waals surface area (Å²) in [6.45, 7) is 5.94. The molecule has 0 bridgehead atoms. The Morgan fingerprint density at radius 2 is 2.23 bits per heavy atom. The Hall–Kier alpha value is -0.220. The van der Waals surface area contributed by atoms with E-state index in [1.165, 1.54) is 0 Å². The lowest BCUT2D eigenvalue weighted by molar-refractivity contribution is -0.138. The third-order valence-corrected chi connectivity index (χ3v) is 2.67. The van der Waals surface area contributed by atoms with Crippen molar-refractivity contribution >= 4 is 17.7 Å². The molecule has 1 atom stereocenters. The number of nitrogens with zero attached hydrogens (tertiary/aromatic N) is 1. The number of hydrogen-bond acceptors (Lipinski definition) is 3. The third-order valence-electron chi connectivity index (χ3n) is 2.08. The van der Waals surface area contributed by atoms with Crippen LogP contribution in [0.4, 0.5) is 0 Å². The number of aliphatic carboxylic acids is 1. The Balaban J connectivity index is 3.83. The molecule has 1 unspecified atom stereocenters. The number of rotatable bonds is 7. The average Bonchev–Trinajstić information content (AvgIpc) is 2.04. The molecule has 0 aliphatic heterocycles. The summed E-state index contributed by atoms with van der Waals surface area (Å²) in [6.07, 6.45) is 2.30. The standard InChI is InChI=1S/C9H19NO2S/c1-4-10(5-6-13-3)8(2)7-9(11)12/h8H,4-7H2,1-3H3,(H,11,12). The van der Waals surface area contributed by atoms with Gasteiger partial charge in [-0.1, -0.05) is 6.92 Å². The van der Waals surface area contributed by atoms with Crippen LogP contribution in [-0.2, 0) is 4.79 Å². The molecule has 0 aromatic carbocycles. The molecule has 0 spiro atoms. The predicted octanol–water partition coefficient (Wildman–Crippen LogP) is 1.53. The van der Waals surface area contributed by atoms with Gasteiger partial charge in [-0.3, -0.25) is 9.69 Å². The van der Waals surface area contributed by atoms with Crippen molar-refractivity contribution in [2.75, 3.05) is 25.1 Å². The monoisotopic (exact) mass is 205 g/mol. The van der Waals surface area contributed by atoms with E-state index >= 15 is 0 Å². The van der Waals surface area contributed by atoms with Crippen molar-refractivity contribution in [2.45, 2.75) is 26.3 Å². The Kier molecular flexibility index (Phi) is 7.09. The number of carboxylic acid groups (broad SMARTS) is 1. The summed E-state index contributed by atoms with van der Waals surface area (Å²) in [5, 5.41) is 8.62. The molecule has 78 valence electrons. The summed E-state index contributed by atoms with van der Waals surface area (Å²) in [6, 6.07) is 0.148. The van der Waals surface area contributed by atoms with Crippen molar-refractivity contribution in [2.24, 2.45) is 0 Å². The molecule has 0 saturated heterocycles. The molecule has 0 radical (unpaired) electrons. The zero-order valence-electron chi connectivity index (χ0n) is 8.62. The second-order valence-electron chi connectivity index (χ2n) is 3.07. The van der Waals surface area contributed by atoms with Crippen molar-refractivity contribution in [3.63, 3.8) is 0 Å². The minimum atomic E-state index is -0.713. The Labute approximate surface area is 84.5 Å². The first-order chi connectivity index (χ1) is 6.11. The van der Waals surface area contributed by atoms with Gasteiger partial charge < -0.3 is 5.11 Å². The van der Waals surface area contributed by atoms with Crippen LogP contribution >= 0.6 is 11.8 Å². The molecular weight excluding hydrogens is 186 g/mol. The van der Waals surface area contributed by atoms with E-state index in [1.807, 2.05) is 6.92 Å². The van der Waals surface area contributed by atoms with Crippen LogP contribution in [0.25, 0.3) is 0 Å². The highest BCUT2D eigenvalue weighted by Crippen LogP contribution is 2.05. The van der Waals surface area contributed by atoms with E-state index in [4.69, 9.17) is 5.11 Å². The maximum Gasteiger partial charge on any atom is 0.304 e. The number of carbonyl (C=O) groups is 1. The summed E-state index contributed by atoms with van der Waals surface area (Å²) >= 11 is 1.79. The van der Waals surface area contributed by atoms with Crippen molar-refractivity contribution in [3.05, 3.63) is 0 Å². The summed E-state index contributed by atoms with van der Waals surface area (Å²) in [5.74, 6) is 0.354. The third kappa shape index (κ3) is 5.93. The van der Waals surface area contributed by atoms with E-state index in [0.717, 1.165) is 18.8 Å².